The summed E-state index contributed by atoms with van der Waals surface area (Å²) in [6, 6.07) is 5.34. The summed E-state index contributed by atoms with van der Waals surface area (Å²) in [6.07, 6.45) is 6.03. The number of hydrogen-bond acceptors (Lipinski definition) is 3. The Hall–Kier alpha value is -1.92. The van der Waals surface area contributed by atoms with Gasteiger partial charge in [0.1, 0.15) is 18.2 Å². The van der Waals surface area contributed by atoms with Crippen LogP contribution in [0, 0.1) is 0 Å². The molecule has 0 spiro atoms. The van der Waals surface area contributed by atoms with Crippen LogP contribution in [0.4, 0.5) is 0 Å². The van der Waals surface area contributed by atoms with Crippen molar-refractivity contribution in [3.63, 3.8) is 0 Å². The van der Waals surface area contributed by atoms with Crippen molar-refractivity contribution >= 4 is 19.1 Å². The van der Waals surface area contributed by atoms with Crippen molar-refractivity contribution in [3.8, 4) is 11.3 Å². The summed E-state index contributed by atoms with van der Waals surface area (Å²) < 4.78 is 10.1. The second-order valence-corrected chi connectivity index (χ2v) is 15.2. The highest BCUT2D eigenvalue weighted by molar-refractivity contribution is 6.76. The predicted octanol–water partition coefficient (Wildman–Crippen LogP) is 5.05. The topological polar surface area (TPSA) is 44.9 Å². The number of fused-ring (bicyclic) bond motifs is 1. The molecule has 0 aliphatic heterocycles. The van der Waals surface area contributed by atoms with E-state index in [0.29, 0.717) is 6.73 Å². The fourth-order valence-corrected chi connectivity index (χ4v) is 4.01. The van der Waals surface area contributed by atoms with Crippen LogP contribution in [0.15, 0.2) is 30.7 Å². The van der Waals surface area contributed by atoms with Crippen LogP contribution in [0.2, 0.25) is 25.7 Å². The van der Waals surface area contributed by atoms with Crippen LogP contribution < -0.4 is 0 Å². The molecule has 0 N–H and O–H groups in total. The van der Waals surface area contributed by atoms with Gasteiger partial charge in [0.05, 0.1) is 5.69 Å². The van der Waals surface area contributed by atoms with Gasteiger partial charge in [-0.25, -0.2) is 9.97 Å². The molecule has 0 aliphatic carbocycles. The summed E-state index contributed by atoms with van der Waals surface area (Å²) in [5.41, 5.74) is 3.07. The van der Waals surface area contributed by atoms with Gasteiger partial charge in [0.25, 0.3) is 0 Å². The molecule has 6 heteroatoms. The number of aromatic nitrogens is 4. The van der Waals surface area contributed by atoms with Gasteiger partial charge in [0.15, 0.2) is 0 Å². The predicted molar refractivity (Wildman–Crippen MR) is 115 cm³/mol. The molecule has 3 rings (SSSR count). The second-order valence-electron chi connectivity index (χ2n) is 9.54. The van der Waals surface area contributed by atoms with Gasteiger partial charge in [-0.3, -0.25) is 0 Å². The third kappa shape index (κ3) is 4.50. The molecule has 0 unspecified atom stereocenters. The van der Waals surface area contributed by atoms with Crippen molar-refractivity contribution in [2.75, 3.05) is 6.61 Å². The highest BCUT2D eigenvalue weighted by Gasteiger charge is 2.21. The zero-order valence-corrected chi connectivity index (χ0v) is 18.7. The van der Waals surface area contributed by atoms with E-state index in [-0.39, 0.29) is 5.41 Å². The Bertz CT molecular complexity index is 928. The Kier molecular flexibility index (Phi) is 5.32. The molecule has 0 bridgehead atoms. The molecule has 0 aliphatic rings. The number of nitrogens with zero attached hydrogens (tertiary/aromatic N) is 4. The van der Waals surface area contributed by atoms with E-state index in [1.165, 1.54) is 6.04 Å². The minimum Gasteiger partial charge on any atom is -0.361 e. The van der Waals surface area contributed by atoms with Crippen molar-refractivity contribution in [3.05, 3.63) is 36.5 Å². The van der Waals surface area contributed by atoms with Crippen LogP contribution in [0.1, 0.15) is 26.6 Å². The summed E-state index contributed by atoms with van der Waals surface area (Å²) >= 11 is 0. The quantitative estimate of drug-likeness (QED) is 0.441. The van der Waals surface area contributed by atoms with Gasteiger partial charge in [-0.1, -0.05) is 40.4 Å². The smallest absolute Gasteiger partial charge is 0.142 e. The van der Waals surface area contributed by atoms with Gasteiger partial charge in [-0.05, 0) is 18.2 Å². The van der Waals surface area contributed by atoms with E-state index in [0.717, 1.165) is 34.7 Å². The maximum atomic E-state index is 5.91. The van der Waals surface area contributed by atoms with Gasteiger partial charge in [0.2, 0.25) is 0 Å². The van der Waals surface area contributed by atoms with Crippen LogP contribution >= 0.6 is 0 Å². The average molecular weight is 385 g/mol. The summed E-state index contributed by atoms with van der Waals surface area (Å²) in [5, 5.41) is 1.12. The fraction of sp³-hybridized carbons (Fsp3) is 0.524. The molecule has 27 heavy (non-hydrogen) atoms. The molecule has 0 aromatic carbocycles. The molecule has 3 aromatic heterocycles. The zero-order valence-electron chi connectivity index (χ0n) is 17.7. The molecule has 3 aromatic rings. The highest BCUT2D eigenvalue weighted by atomic mass is 28.3. The molecule has 0 fully saturated rings. The van der Waals surface area contributed by atoms with E-state index in [9.17, 15) is 0 Å². The van der Waals surface area contributed by atoms with Crippen LogP contribution in [-0.2, 0) is 23.9 Å². The van der Waals surface area contributed by atoms with Gasteiger partial charge in [0, 0.05) is 56.7 Å². The molecule has 0 radical (unpaired) electrons. The van der Waals surface area contributed by atoms with Crippen LogP contribution in [0.3, 0.4) is 0 Å². The molecular weight excluding hydrogens is 352 g/mol. The van der Waals surface area contributed by atoms with Gasteiger partial charge in [-0.15, -0.1) is 0 Å². The largest absolute Gasteiger partial charge is 0.361 e. The number of ether oxygens (including phenoxy) is 1. The van der Waals surface area contributed by atoms with Gasteiger partial charge < -0.3 is 13.9 Å². The lowest BCUT2D eigenvalue weighted by Crippen LogP contribution is -2.22. The summed E-state index contributed by atoms with van der Waals surface area (Å²) in [5.74, 6) is 1.08. The van der Waals surface area contributed by atoms with Crippen molar-refractivity contribution in [2.24, 2.45) is 7.05 Å². The van der Waals surface area contributed by atoms with E-state index < -0.39 is 8.07 Å². The standard InChI is InChI=1S/C21H32N4OSi/c1-21(2,3)20-23-18(14-24(20)4)16-8-10-22-19-17(16)9-11-25(19)15-26-12-13-27(5,6)7/h8-11,14H,12-13,15H2,1-7H3. The maximum Gasteiger partial charge on any atom is 0.142 e. The number of rotatable bonds is 6. The first-order chi connectivity index (χ1) is 12.6. The Balaban J connectivity index is 1.86. The molecule has 0 atom stereocenters. The van der Waals surface area contributed by atoms with Gasteiger partial charge >= 0.3 is 0 Å². The molecule has 0 saturated carbocycles. The fourth-order valence-electron chi connectivity index (χ4n) is 3.25. The Morgan fingerprint density at radius 1 is 1.15 bits per heavy atom. The third-order valence-electron chi connectivity index (χ3n) is 4.71. The molecular formula is C21H32N4OSi. The lowest BCUT2D eigenvalue weighted by atomic mass is 9.96. The highest BCUT2D eigenvalue weighted by Crippen LogP contribution is 2.30. The Morgan fingerprint density at radius 3 is 2.52 bits per heavy atom. The third-order valence-corrected chi connectivity index (χ3v) is 6.42. The number of pyridine rings is 1. The summed E-state index contributed by atoms with van der Waals surface area (Å²) in [6.45, 7) is 15.0. The Morgan fingerprint density at radius 2 is 1.89 bits per heavy atom. The minimum absolute atomic E-state index is 0.00921. The van der Waals surface area contributed by atoms with E-state index in [2.05, 4.69) is 80.0 Å². The van der Waals surface area contributed by atoms with Crippen LogP contribution in [0.5, 0.6) is 0 Å². The van der Waals surface area contributed by atoms with E-state index in [1.807, 2.05) is 12.3 Å². The van der Waals surface area contributed by atoms with E-state index in [4.69, 9.17) is 9.72 Å². The number of hydrogen-bond donors (Lipinski definition) is 0. The van der Waals surface area contributed by atoms with Crippen LogP contribution in [0.25, 0.3) is 22.3 Å². The molecule has 0 amide bonds. The molecule has 5 nitrogen and oxygen atoms in total. The average Bonchev–Trinajstić information content (AvgIpc) is 3.14. The number of aryl methyl sites for hydroxylation is 1. The normalized spacial score (nSPS) is 12.9. The summed E-state index contributed by atoms with van der Waals surface area (Å²) in [4.78, 5) is 9.50. The zero-order chi connectivity index (χ0) is 19.8. The van der Waals surface area contributed by atoms with Crippen molar-refractivity contribution in [1.29, 1.82) is 0 Å². The lowest BCUT2D eigenvalue weighted by Gasteiger charge is -2.17. The van der Waals surface area contributed by atoms with Gasteiger partial charge in [-0.2, -0.15) is 0 Å². The van der Waals surface area contributed by atoms with Crippen LogP contribution in [-0.4, -0.2) is 33.8 Å². The first-order valence-corrected chi connectivity index (χ1v) is 13.3. The van der Waals surface area contributed by atoms with E-state index in [1.54, 1.807) is 0 Å². The summed E-state index contributed by atoms with van der Waals surface area (Å²) in [7, 11) is 0.997. The maximum absolute atomic E-state index is 5.91. The molecule has 3 heterocycles. The van der Waals surface area contributed by atoms with E-state index >= 15 is 0 Å². The number of imidazole rings is 1. The second kappa shape index (κ2) is 7.24. The van der Waals surface area contributed by atoms with Crippen molar-refractivity contribution in [2.45, 2.75) is 58.6 Å². The van der Waals surface area contributed by atoms with Crippen molar-refractivity contribution < 1.29 is 4.74 Å². The molecule has 146 valence electrons. The monoisotopic (exact) mass is 384 g/mol. The molecule has 0 saturated heterocycles. The first-order valence-electron chi connectivity index (χ1n) is 9.62. The SMILES string of the molecule is Cn1cc(-c2ccnc3c2ccn3COCC[Si](C)(C)C)nc1C(C)(C)C. The Labute approximate surface area is 163 Å². The lowest BCUT2D eigenvalue weighted by molar-refractivity contribution is 0.0899. The first kappa shape index (κ1) is 19.8. The van der Waals surface area contributed by atoms with Crippen molar-refractivity contribution in [1.82, 2.24) is 19.1 Å². The minimum atomic E-state index is -1.07.